The Balaban J connectivity index is 2.54. The molecule has 0 aliphatic heterocycles. The number of hydrogen-bond acceptors (Lipinski definition) is 3. The zero-order valence-electron chi connectivity index (χ0n) is 16.5. The van der Waals surface area contributed by atoms with Crippen molar-refractivity contribution in [2.45, 2.75) is 45.8 Å². The van der Waals surface area contributed by atoms with Crippen LogP contribution in [-0.2, 0) is 9.53 Å². The largest absolute Gasteiger partial charge is 0.481 e. The minimum absolute atomic E-state index is 0.00393. The highest BCUT2D eigenvalue weighted by Gasteiger charge is 2.26. The van der Waals surface area contributed by atoms with Crippen LogP contribution in [0.25, 0.3) is 11.1 Å². The van der Waals surface area contributed by atoms with Crippen LogP contribution in [0.5, 0.6) is 0 Å². The van der Waals surface area contributed by atoms with Gasteiger partial charge in [0, 0.05) is 21.2 Å². The minimum atomic E-state index is -1.20. The normalized spacial score (nSPS) is 12.4. The smallest absolute Gasteiger partial charge is 0.408 e. The molecule has 1 unspecified atom stereocenters. The Morgan fingerprint density at radius 1 is 1.21 bits per heavy atom. The van der Waals surface area contributed by atoms with E-state index in [0.29, 0.717) is 21.2 Å². The molecule has 1 amide bonds. The lowest BCUT2D eigenvalue weighted by atomic mass is 9.94. The fourth-order valence-corrected chi connectivity index (χ4v) is 3.45. The first kappa shape index (κ1) is 23.0. The molecule has 2 rings (SSSR count). The van der Waals surface area contributed by atoms with Crippen molar-refractivity contribution in [1.82, 2.24) is 5.32 Å². The molecule has 2 N–H and O–H groups in total. The van der Waals surface area contributed by atoms with Crippen molar-refractivity contribution in [2.75, 3.05) is 0 Å². The summed E-state index contributed by atoms with van der Waals surface area (Å²) in [5.74, 6) is -1.83. The summed E-state index contributed by atoms with van der Waals surface area (Å²) >= 11 is 12.5. The first-order valence-corrected chi connectivity index (χ1v) is 9.60. The molecular weight excluding hydrogens is 420 g/mol. The lowest BCUT2D eigenvalue weighted by molar-refractivity contribution is -0.137. The van der Waals surface area contributed by atoms with Crippen LogP contribution in [0.3, 0.4) is 0 Å². The lowest BCUT2D eigenvalue weighted by Crippen LogP contribution is -2.36. The van der Waals surface area contributed by atoms with Crippen LogP contribution in [0, 0.1) is 12.7 Å². The van der Waals surface area contributed by atoms with E-state index in [1.54, 1.807) is 52.0 Å². The van der Waals surface area contributed by atoms with E-state index in [2.05, 4.69) is 5.32 Å². The van der Waals surface area contributed by atoms with Crippen molar-refractivity contribution in [2.24, 2.45) is 0 Å². The Morgan fingerprint density at radius 3 is 2.31 bits per heavy atom. The molecular formula is C21H22Cl2FNO4. The van der Waals surface area contributed by atoms with Gasteiger partial charge in [0.15, 0.2) is 0 Å². The standard InChI is InChI=1S/C21H22Cl2FNO4/c1-11-8-12(18-14(22)6-5-7-15(18)23)9-13(19(11)24)16(10-17(26)27)25-20(28)29-21(2,3)4/h5-9,16H,10H2,1-4H3,(H,25,28)(H,26,27). The second-order valence-electron chi connectivity index (χ2n) is 7.59. The van der Waals surface area contributed by atoms with E-state index in [-0.39, 0.29) is 11.1 Å². The summed E-state index contributed by atoms with van der Waals surface area (Å²) in [7, 11) is 0. The topological polar surface area (TPSA) is 75.6 Å². The molecule has 0 bridgehead atoms. The average molecular weight is 442 g/mol. The lowest BCUT2D eigenvalue weighted by Gasteiger charge is -2.24. The summed E-state index contributed by atoms with van der Waals surface area (Å²) in [5, 5.41) is 12.4. The van der Waals surface area contributed by atoms with Crippen molar-refractivity contribution in [1.29, 1.82) is 0 Å². The molecule has 0 aliphatic rings. The van der Waals surface area contributed by atoms with Crippen LogP contribution in [0.1, 0.15) is 44.4 Å². The van der Waals surface area contributed by atoms with Crippen molar-refractivity contribution < 1.29 is 23.8 Å². The number of aryl methyl sites for hydroxylation is 1. The summed E-state index contributed by atoms with van der Waals surface area (Å²) in [5.41, 5.74) is 0.473. The Labute approximate surface area is 178 Å². The Bertz CT molecular complexity index is 921. The number of ether oxygens (including phenoxy) is 1. The zero-order chi connectivity index (χ0) is 21.9. The van der Waals surface area contributed by atoms with Crippen molar-refractivity contribution >= 4 is 35.3 Å². The van der Waals surface area contributed by atoms with E-state index in [1.807, 2.05) is 0 Å². The second-order valence-corrected chi connectivity index (χ2v) is 8.40. The molecule has 0 aromatic heterocycles. The maximum absolute atomic E-state index is 14.9. The summed E-state index contributed by atoms with van der Waals surface area (Å²) in [6.07, 6.45) is -1.38. The van der Waals surface area contributed by atoms with Gasteiger partial charge in [-0.2, -0.15) is 0 Å². The molecule has 0 fully saturated rings. The third-order valence-corrected chi connectivity index (χ3v) is 4.61. The number of carbonyl (C=O) groups is 2. The molecule has 156 valence electrons. The monoisotopic (exact) mass is 441 g/mol. The number of hydrogen-bond donors (Lipinski definition) is 2. The van der Waals surface area contributed by atoms with E-state index < -0.39 is 35.9 Å². The van der Waals surface area contributed by atoms with Gasteiger partial charge in [-0.3, -0.25) is 4.79 Å². The molecule has 0 heterocycles. The SMILES string of the molecule is Cc1cc(-c2c(Cl)cccc2Cl)cc(C(CC(=O)O)NC(=O)OC(C)(C)C)c1F. The van der Waals surface area contributed by atoms with Gasteiger partial charge >= 0.3 is 12.1 Å². The van der Waals surface area contributed by atoms with Gasteiger partial charge in [0.25, 0.3) is 0 Å². The molecule has 29 heavy (non-hydrogen) atoms. The highest BCUT2D eigenvalue weighted by Crippen LogP contribution is 2.37. The summed E-state index contributed by atoms with van der Waals surface area (Å²) in [6.45, 7) is 6.55. The van der Waals surface area contributed by atoms with Gasteiger partial charge in [-0.05, 0) is 63.1 Å². The zero-order valence-corrected chi connectivity index (χ0v) is 18.0. The summed E-state index contributed by atoms with van der Waals surface area (Å²) < 4.78 is 20.1. The van der Waals surface area contributed by atoms with E-state index in [0.717, 1.165) is 0 Å². The molecule has 0 aliphatic carbocycles. The molecule has 5 nitrogen and oxygen atoms in total. The summed E-state index contributed by atoms with van der Waals surface area (Å²) in [6, 6.07) is 6.84. The van der Waals surface area contributed by atoms with E-state index in [1.165, 1.54) is 6.07 Å². The summed E-state index contributed by atoms with van der Waals surface area (Å²) in [4.78, 5) is 23.5. The van der Waals surface area contributed by atoms with Crippen molar-refractivity contribution in [3.05, 3.63) is 57.3 Å². The molecule has 0 spiro atoms. The van der Waals surface area contributed by atoms with Crippen LogP contribution in [0.15, 0.2) is 30.3 Å². The van der Waals surface area contributed by atoms with Gasteiger partial charge in [-0.15, -0.1) is 0 Å². The fraction of sp³-hybridized carbons (Fsp3) is 0.333. The third kappa shape index (κ3) is 6.08. The quantitative estimate of drug-likeness (QED) is 0.583. The average Bonchev–Trinajstić information content (AvgIpc) is 2.54. The predicted octanol–water partition coefficient (Wildman–Crippen LogP) is 6.15. The minimum Gasteiger partial charge on any atom is -0.481 e. The van der Waals surface area contributed by atoms with Crippen LogP contribution < -0.4 is 5.32 Å². The highest BCUT2D eigenvalue weighted by molar-refractivity contribution is 6.39. The van der Waals surface area contributed by atoms with Crippen molar-refractivity contribution in [3.63, 3.8) is 0 Å². The van der Waals surface area contributed by atoms with Crippen LogP contribution in [-0.4, -0.2) is 22.8 Å². The van der Waals surface area contributed by atoms with Gasteiger partial charge in [-0.1, -0.05) is 29.3 Å². The number of nitrogens with one attached hydrogen (secondary N) is 1. The van der Waals surface area contributed by atoms with E-state index >= 15 is 0 Å². The number of amides is 1. The van der Waals surface area contributed by atoms with Crippen LogP contribution in [0.2, 0.25) is 10.0 Å². The molecule has 2 aromatic carbocycles. The van der Waals surface area contributed by atoms with Crippen LogP contribution in [0.4, 0.5) is 9.18 Å². The molecule has 8 heteroatoms. The number of rotatable bonds is 5. The van der Waals surface area contributed by atoms with Crippen LogP contribution >= 0.6 is 23.2 Å². The van der Waals surface area contributed by atoms with Gasteiger partial charge < -0.3 is 15.2 Å². The number of alkyl carbamates (subject to hydrolysis) is 1. The Hall–Kier alpha value is -2.31. The maximum atomic E-state index is 14.9. The number of halogens is 3. The Kier molecular flexibility index (Phi) is 7.14. The molecule has 2 aromatic rings. The molecule has 0 saturated carbocycles. The third-order valence-electron chi connectivity index (χ3n) is 3.98. The van der Waals surface area contributed by atoms with E-state index in [4.69, 9.17) is 27.9 Å². The van der Waals surface area contributed by atoms with Gasteiger partial charge in [0.1, 0.15) is 11.4 Å². The number of benzene rings is 2. The second kappa shape index (κ2) is 9.01. The Morgan fingerprint density at radius 2 is 1.79 bits per heavy atom. The first-order chi connectivity index (χ1) is 13.4. The first-order valence-electron chi connectivity index (χ1n) is 8.84. The maximum Gasteiger partial charge on any atom is 0.408 e. The number of carboxylic acid groups (broad SMARTS) is 1. The highest BCUT2D eigenvalue weighted by atomic mass is 35.5. The number of aliphatic carboxylic acids is 1. The molecule has 1 atom stereocenters. The molecule has 0 saturated heterocycles. The van der Waals surface area contributed by atoms with Gasteiger partial charge in [0.05, 0.1) is 12.5 Å². The van der Waals surface area contributed by atoms with Gasteiger partial charge in [-0.25, -0.2) is 9.18 Å². The number of carbonyl (C=O) groups excluding carboxylic acids is 1. The van der Waals surface area contributed by atoms with Gasteiger partial charge in [0.2, 0.25) is 0 Å². The van der Waals surface area contributed by atoms with Crippen molar-refractivity contribution in [3.8, 4) is 11.1 Å². The number of carboxylic acids is 1. The predicted molar refractivity (Wildman–Crippen MR) is 111 cm³/mol. The molecule has 0 radical (unpaired) electrons. The van der Waals surface area contributed by atoms with E-state index in [9.17, 15) is 19.1 Å². The fourth-order valence-electron chi connectivity index (χ4n) is 2.83.